The van der Waals surface area contributed by atoms with E-state index in [4.69, 9.17) is 37.3 Å². The van der Waals surface area contributed by atoms with E-state index in [1.54, 1.807) is 90.1 Å². The van der Waals surface area contributed by atoms with Crippen molar-refractivity contribution in [2.75, 3.05) is 33.1 Å². The molecule has 6 atom stereocenters. The molecule has 0 saturated heterocycles. The second kappa shape index (κ2) is 24.1. The maximum Gasteiger partial charge on any atom is 0.342 e. The molecular formula is C39H62N3O14P3. The highest BCUT2D eigenvalue weighted by molar-refractivity contribution is 7.57. The summed E-state index contributed by atoms with van der Waals surface area (Å²) in [5.74, 6) is -1.52. The van der Waals surface area contributed by atoms with Crippen molar-refractivity contribution in [2.24, 2.45) is 0 Å². The van der Waals surface area contributed by atoms with Crippen molar-refractivity contribution in [3.05, 3.63) is 53.6 Å². The van der Waals surface area contributed by atoms with Gasteiger partial charge in [-0.15, -0.1) is 0 Å². The maximum atomic E-state index is 14.2. The van der Waals surface area contributed by atoms with Gasteiger partial charge in [0.25, 0.3) is 0 Å². The first kappa shape index (κ1) is 51.6. The highest BCUT2D eigenvalue weighted by atomic mass is 31.2. The van der Waals surface area contributed by atoms with E-state index in [0.717, 1.165) is 0 Å². The SMILES string of the molecule is CCCP(=O)(N[C@@H](C)C(=O)OC(C)C)Oc1cc(/C=C/c2ccc(OP(=O)(COC)N[C@@H](C)C(=O)OC(C)C)cc2)cc(OP(=O)(COC)N[C@@H](C)C(=O)OC(C)C)c1. The van der Waals surface area contributed by atoms with Gasteiger partial charge in [-0.2, -0.15) is 0 Å². The van der Waals surface area contributed by atoms with Gasteiger partial charge >= 0.3 is 40.5 Å². The van der Waals surface area contributed by atoms with E-state index < -0.39 is 71.0 Å². The molecule has 0 bridgehead atoms. The van der Waals surface area contributed by atoms with Crippen LogP contribution in [-0.4, -0.2) is 87.4 Å². The van der Waals surface area contributed by atoms with Crippen LogP contribution in [0, 0.1) is 0 Å². The number of methoxy groups -OCH3 is 2. The molecule has 2 aromatic carbocycles. The van der Waals surface area contributed by atoms with Crippen LogP contribution in [0.4, 0.5) is 0 Å². The number of carbonyl (C=O) groups is 3. The number of nitrogens with one attached hydrogen (secondary N) is 3. The first-order chi connectivity index (χ1) is 27.5. The summed E-state index contributed by atoms with van der Waals surface area (Å²) in [6.07, 6.45) is 2.03. The minimum atomic E-state index is -3.95. The molecule has 0 radical (unpaired) electrons. The van der Waals surface area contributed by atoms with E-state index in [-0.39, 0.29) is 42.0 Å². The molecule has 0 amide bonds. The second-order valence-corrected chi connectivity index (χ2v) is 20.8. The van der Waals surface area contributed by atoms with Crippen LogP contribution in [0.2, 0.25) is 0 Å². The van der Waals surface area contributed by atoms with Crippen LogP contribution in [0.3, 0.4) is 0 Å². The average Bonchev–Trinajstić information content (AvgIpc) is 3.10. The van der Waals surface area contributed by atoms with Crippen molar-refractivity contribution in [2.45, 2.75) is 112 Å². The molecule has 59 heavy (non-hydrogen) atoms. The molecule has 17 nitrogen and oxygen atoms in total. The fourth-order valence-corrected chi connectivity index (χ4v) is 10.5. The molecule has 0 spiro atoms. The number of carbonyl (C=O) groups excluding carboxylic acids is 3. The van der Waals surface area contributed by atoms with Gasteiger partial charge in [0.15, 0.2) is 0 Å². The Kier molecular flexibility index (Phi) is 21.0. The van der Waals surface area contributed by atoms with Crippen molar-refractivity contribution in [1.82, 2.24) is 15.3 Å². The minimum absolute atomic E-state index is 0.0198. The van der Waals surface area contributed by atoms with Crippen LogP contribution in [0.5, 0.6) is 17.2 Å². The summed E-state index contributed by atoms with van der Waals surface area (Å²) < 4.78 is 85.8. The topological polar surface area (TPSA) is 212 Å². The van der Waals surface area contributed by atoms with Gasteiger partial charge in [0, 0.05) is 26.4 Å². The minimum Gasteiger partial charge on any atom is -0.462 e. The van der Waals surface area contributed by atoms with Crippen LogP contribution in [0.1, 0.15) is 86.8 Å². The number of ether oxygens (including phenoxy) is 5. The molecular weight excluding hydrogens is 827 g/mol. The normalized spacial score (nSPS) is 16.4. The Labute approximate surface area is 348 Å². The van der Waals surface area contributed by atoms with Gasteiger partial charge in [-0.25, -0.2) is 15.3 Å². The molecule has 3 unspecified atom stereocenters. The van der Waals surface area contributed by atoms with Crippen molar-refractivity contribution in [1.29, 1.82) is 0 Å². The Hall–Kier alpha value is -3.52. The molecule has 20 heteroatoms. The number of esters is 3. The lowest BCUT2D eigenvalue weighted by Crippen LogP contribution is -2.36. The van der Waals surface area contributed by atoms with E-state index in [1.165, 1.54) is 41.1 Å². The molecule has 0 saturated carbocycles. The standard InChI is InChI=1S/C39H62N3O14P3/c1-13-20-57(46,40-29(8)37(43)51-26(2)3)55-35-21-33(22-36(23-35)56-59(48,25-50-12)42-31(10)39(45)53-28(6)7)15-14-32-16-18-34(19-17-32)54-58(47,24-49-11)41-30(9)38(44)52-27(4)5/h14-19,21-23,26-31H,13,20,24-25H2,1-12H3,(H,40,46)(H,41,47)(H,42,48)/b15-14+/t29-,30-,31-,57?,58?,59?/m0/s1. The Morgan fingerprint density at radius 3 is 1.27 bits per heavy atom. The molecule has 2 rings (SSSR count). The Balaban J connectivity index is 2.52. The van der Waals surface area contributed by atoms with Gasteiger partial charge < -0.3 is 37.3 Å². The molecule has 3 N–H and O–H groups in total. The third-order valence-corrected chi connectivity index (χ3v) is 13.5. The van der Waals surface area contributed by atoms with E-state index in [0.29, 0.717) is 17.5 Å². The van der Waals surface area contributed by atoms with Crippen LogP contribution in [-0.2, 0) is 51.8 Å². The first-order valence-electron chi connectivity index (χ1n) is 19.3. The molecule has 0 aliphatic rings. The summed E-state index contributed by atoms with van der Waals surface area (Å²) >= 11 is 0. The smallest absolute Gasteiger partial charge is 0.342 e. The molecule has 332 valence electrons. The van der Waals surface area contributed by atoms with Gasteiger partial charge in [-0.3, -0.25) is 28.1 Å². The third kappa shape index (κ3) is 18.7. The van der Waals surface area contributed by atoms with Crippen molar-refractivity contribution in [3.63, 3.8) is 0 Å². The summed E-state index contributed by atoms with van der Waals surface area (Å²) in [5.41, 5.74) is 1.13. The first-order valence-corrected chi connectivity index (χ1v) is 24.7. The molecule has 0 heterocycles. The van der Waals surface area contributed by atoms with Crippen LogP contribution >= 0.6 is 22.6 Å². The van der Waals surface area contributed by atoms with E-state index in [2.05, 4.69) is 15.3 Å². The van der Waals surface area contributed by atoms with Gasteiger partial charge in [0.05, 0.1) is 18.3 Å². The van der Waals surface area contributed by atoms with E-state index >= 15 is 0 Å². The predicted molar refractivity (Wildman–Crippen MR) is 227 cm³/mol. The summed E-state index contributed by atoms with van der Waals surface area (Å²) in [6, 6.07) is 8.16. The Morgan fingerprint density at radius 2 is 0.898 bits per heavy atom. The van der Waals surface area contributed by atoms with Gasteiger partial charge in [-0.1, -0.05) is 31.2 Å². The fraction of sp³-hybridized carbons (Fsp3) is 0.564. The summed E-state index contributed by atoms with van der Waals surface area (Å²) in [5, 5.41) is 8.23. The number of benzene rings is 2. The molecule has 0 aromatic heterocycles. The second-order valence-electron chi connectivity index (χ2n) is 14.5. The predicted octanol–water partition coefficient (Wildman–Crippen LogP) is 7.98. The number of hydrogen-bond donors (Lipinski definition) is 3. The summed E-state index contributed by atoms with van der Waals surface area (Å²) in [6.45, 7) is 16.5. The van der Waals surface area contributed by atoms with Gasteiger partial charge in [0.2, 0.25) is 0 Å². The molecule has 0 aliphatic heterocycles. The van der Waals surface area contributed by atoms with Gasteiger partial charge in [-0.05, 0) is 104 Å². The van der Waals surface area contributed by atoms with Crippen molar-refractivity contribution < 1.29 is 65.3 Å². The highest BCUT2D eigenvalue weighted by Gasteiger charge is 2.34. The maximum absolute atomic E-state index is 14.2. The van der Waals surface area contributed by atoms with Crippen molar-refractivity contribution in [3.8, 4) is 17.2 Å². The number of hydrogen-bond acceptors (Lipinski definition) is 14. The fourth-order valence-electron chi connectivity index (χ4n) is 5.14. The molecule has 0 fully saturated rings. The Bertz CT molecular complexity index is 1780. The molecule has 2 aromatic rings. The van der Waals surface area contributed by atoms with Crippen LogP contribution < -0.4 is 28.8 Å². The summed E-state index contributed by atoms with van der Waals surface area (Å²) in [4.78, 5) is 37.6. The lowest BCUT2D eigenvalue weighted by Gasteiger charge is -2.25. The van der Waals surface area contributed by atoms with Crippen molar-refractivity contribution >= 4 is 52.6 Å². The zero-order valence-electron chi connectivity index (χ0n) is 36.0. The lowest BCUT2D eigenvalue weighted by atomic mass is 10.1. The van der Waals surface area contributed by atoms with E-state index in [9.17, 15) is 28.1 Å². The zero-order chi connectivity index (χ0) is 44.6. The lowest BCUT2D eigenvalue weighted by molar-refractivity contribution is -0.149. The van der Waals surface area contributed by atoms with E-state index in [1.807, 2.05) is 6.92 Å². The Morgan fingerprint density at radius 1 is 0.542 bits per heavy atom. The quantitative estimate of drug-likeness (QED) is 0.0353. The monoisotopic (exact) mass is 889 g/mol. The average molecular weight is 890 g/mol. The summed E-state index contributed by atoms with van der Waals surface area (Å²) in [7, 11) is -8.72. The highest BCUT2D eigenvalue weighted by Crippen LogP contribution is 2.48. The largest absolute Gasteiger partial charge is 0.462 e. The third-order valence-electron chi connectivity index (χ3n) is 7.41. The van der Waals surface area contributed by atoms with Crippen LogP contribution in [0.15, 0.2) is 42.5 Å². The zero-order valence-corrected chi connectivity index (χ0v) is 38.7. The number of rotatable bonds is 26. The van der Waals surface area contributed by atoms with Crippen LogP contribution in [0.25, 0.3) is 12.2 Å². The van der Waals surface area contributed by atoms with Gasteiger partial charge in [0.1, 0.15) is 48.1 Å². The molecule has 0 aliphatic carbocycles.